The molecule has 2 heterocycles. The maximum atomic E-state index is 5.91. The fourth-order valence-corrected chi connectivity index (χ4v) is 1.91. The van der Waals surface area contributed by atoms with Gasteiger partial charge in [0.15, 0.2) is 0 Å². The first kappa shape index (κ1) is 7.95. The molecule has 62 valence electrons. The summed E-state index contributed by atoms with van der Waals surface area (Å²) in [6.07, 6.45) is 3.84. The van der Waals surface area contributed by atoms with Gasteiger partial charge in [0.1, 0.15) is 5.15 Å². The molecular formula is C8H7ClN2S. The van der Waals surface area contributed by atoms with Gasteiger partial charge in [0.05, 0.1) is 11.0 Å². The summed E-state index contributed by atoms with van der Waals surface area (Å²) < 4.78 is 0. The molecule has 0 aliphatic heterocycles. The molecule has 0 bridgehead atoms. The summed E-state index contributed by atoms with van der Waals surface area (Å²) in [5.74, 6) is 0. The predicted octanol–water partition coefficient (Wildman–Crippen LogP) is 2.94. The number of rotatable bonds is 1. The normalized spacial score (nSPS) is 10.8. The molecule has 2 aromatic heterocycles. The summed E-state index contributed by atoms with van der Waals surface area (Å²) >= 11 is 7.51. The summed E-state index contributed by atoms with van der Waals surface area (Å²) in [5, 5.41) is 0.578. The third kappa shape index (κ3) is 1.19. The van der Waals surface area contributed by atoms with E-state index < -0.39 is 0 Å². The zero-order valence-electron chi connectivity index (χ0n) is 6.47. The molecule has 0 saturated heterocycles. The molecule has 0 unspecified atom stereocenters. The molecule has 2 aromatic rings. The van der Waals surface area contributed by atoms with Gasteiger partial charge in [0.2, 0.25) is 0 Å². The Kier molecular flexibility index (Phi) is 1.98. The molecule has 0 atom stereocenters. The van der Waals surface area contributed by atoms with E-state index in [9.17, 15) is 0 Å². The minimum absolute atomic E-state index is 0.578. The van der Waals surface area contributed by atoms with Crippen molar-refractivity contribution in [3.05, 3.63) is 23.5 Å². The van der Waals surface area contributed by atoms with Crippen LogP contribution in [0.25, 0.3) is 11.0 Å². The van der Waals surface area contributed by atoms with Crippen molar-refractivity contribution in [2.75, 3.05) is 6.26 Å². The summed E-state index contributed by atoms with van der Waals surface area (Å²) in [5.41, 5.74) is 1.95. The number of nitrogens with zero attached hydrogens (tertiary/aromatic N) is 1. The van der Waals surface area contributed by atoms with Crippen LogP contribution in [0.3, 0.4) is 0 Å². The largest absolute Gasteiger partial charge is 0.360 e. The van der Waals surface area contributed by atoms with Gasteiger partial charge < -0.3 is 4.98 Å². The van der Waals surface area contributed by atoms with E-state index in [4.69, 9.17) is 11.6 Å². The fraction of sp³-hybridized carbons (Fsp3) is 0.125. The smallest absolute Gasteiger partial charge is 0.143 e. The SMILES string of the molecule is CSc1cc2[nH]ccc2nc1Cl. The van der Waals surface area contributed by atoms with Crippen LogP contribution >= 0.6 is 23.4 Å². The molecule has 12 heavy (non-hydrogen) atoms. The molecule has 2 nitrogen and oxygen atoms in total. The van der Waals surface area contributed by atoms with E-state index in [1.54, 1.807) is 11.8 Å². The quantitative estimate of drug-likeness (QED) is 0.564. The number of hydrogen-bond donors (Lipinski definition) is 1. The first-order valence-electron chi connectivity index (χ1n) is 3.49. The highest BCUT2D eigenvalue weighted by atomic mass is 35.5. The average Bonchev–Trinajstić information content (AvgIpc) is 2.49. The third-order valence-electron chi connectivity index (χ3n) is 1.67. The van der Waals surface area contributed by atoms with Gasteiger partial charge in [-0.1, -0.05) is 11.6 Å². The minimum atomic E-state index is 0.578. The molecule has 0 radical (unpaired) electrons. The summed E-state index contributed by atoms with van der Waals surface area (Å²) in [6, 6.07) is 3.92. The van der Waals surface area contributed by atoms with E-state index in [1.165, 1.54) is 0 Å². The molecule has 2 rings (SSSR count). The number of H-pyrrole nitrogens is 1. The van der Waals surface area contributed by atoms with Crippen LogP contribution in [0.15, 0.2) is 23.2 Å². The summed E-state index contributed by atoms with van der Waals surface area (Å²) in [7, 11) is 0. The second-order valence-electron chi connectivity index (χ2n) is 2.39. The van der Waals surface area contributed by atoms with E-state index in [2.05, 4.69) is 9.97 Å². The first-order valence-corrected chi connectivity index (χ1v) is 5.09. The van der Waals surface area contributed by atoms with Crippen LogP contribution in [0.4, 0.5) is 0 Å². The highest BCUT2D eigenvalue weighted by Gasteiger charge is 2.03. The summed E-state index contributed by atoms with van der Waals surface area (Å²) in [6.45, 7) is 0. The van der Waals surface area contributed by atoms with Gasteiger partial charge >= 0.3 is 0 Å². The predicted molar refractivity (Wildman–Crippen MR) is 52.9 cm³/mol. The number of halogens is 1. The Morgan fingerprint density at radius 3 is 3.17 bits per heavy atom. The van der Waals surface area contributed by atoms with E-state index in [0.29, 0.717) is 5.15 Å². The molecule has 0 fully saturated rings. The highest BCUT2D eigenvalue weighted by Crippen LogP contribution is 2.26. The van der Waals surface area contributed by atoms with Crippen LogP contribution in [0.2, 0.25) is 5.15 Å². The van der Waals surface area contributed by atoms with Crippen molar-refractivity contribution in [2.24, 2.45) is 0 Å². The van der Waals surface area contributed by atoms with Crippen LogP contribution < -0.4 is 0 Å². The Hall–Kier alpha value is -0.670. The molecule has 0 amide bonds. The van der Waals surface area contributed by atoms with Crippen LogP contribution in [0.1, 0.15) is 0 Å². The highest BCUT2D eigenvalue weighted by molar-refractivity contribution is 7.98. The molecule has 0 aromatic carbocycles. The number of fused-ring (bicyclic) bond motifs is 1. The number of thioether (sulfide) groups is 1. The van der Waals surface area contributed by atoms with E-state index >= 15 is 0 Å². The standard InChI is InChI=1S/C8H7ClN2S/c1-12-7-4-6-5(2-3-10-6)11-8(7)9/h2-4,10H,1H3. The maximum Gasteiger partial charge on any atom is 0.143 e. The lowest BCUT2D eigenvalue weighted by molar-refractivity contribution is 1.30. The minimum Gasteiger partial charge on any atom is -0.360 e. The van der Waals surface area contributed by atoms with Gasteiger partial charge in [-0.2, -0.15) is 0 Å². The lowest BCUT2D eigenvalue weighted by Crippen LogP contribution is -1.80. The second kappa shape index (κ2) is 2.99. The number of hydrogen-bond acceptors (Lipinski definition) is 2. The van der Waals surface area contributed by atoms with Gasteiger partial charge in [0, 0.05) is 11.1 Å². The van der Waals surface area contributed by atoms with Crippen molar-refractivity contribution in [2.45, 2.75) is 4.90 Å². The summed E-state index contributed by atoms with van der Waals surface area (Å²) in [4.78, 5) is 8.31. The number of aromatic nitrogens is 2. The van der Waals surface area contributed by atoms with Crippen molar-refractivity contribution in [1.82, 2.24) is 9.97 Å². The molecule has 4 heteroatoms. The third-order valence-corrected chi connectivity index (χ3v) is 2.82. The first-order chi connectivity index (χ1) is 5.81. The Labute approximate surface area is 79.3 Å². The van der Waals surface area contributed by atoms with E-state index in [1.807, 2.05) is 24.6 Å². The van der Waals surface area contributed by atoms with E-state index in [0.717, 1.165) is 15.9 Å². The lowest BCUT2D eigenvalue weighted by atomic mass is 10.4. The van der Waals surface area contributed by atoms with Crippen molar-refractivity contribution in [1.29, 1.82) is 0 Å². The van der Waals surface area contributed by atoms with Crippen LogP contribution in [-0.2, 0) is 0 Å². The molecule has 0 spiro atoms. The van der Waals surface area contributed by atoms with Crippen molar-refractivity contribution < 1.29 is 0 Å². The number of nitrogens with one attached hydrogen (secondary N) is 1. The molecule has 0 aliphatic carbocycles. The van der Waals surface area contributed by atoms with Gasteiger partial charge in [-0.3, -0.25) is 0 Å². The molecule has 1 N–H and O–H groups in total. The topological polar surface area (TPSA) is 28.7 Å². The molecule has 0 aliphatic rings. The van der Waals surface area contributed by atoms with Gasteiger partial charge in [-0.15, -0.1) is 11.8 Å². The van der Waals surface area contributed by atoms with E-state index in [-0.39, 0.29) is 0 Å². The average molecular weight is 199 g/mol. The zero-order chi connectivity index (χ0) is 8.55. The number of pyridine rings is 1. The number of aromatic amines is 1. The van der Waals surface area contributed by atoms with Gasteiger partial charge in [-0.25, -0.2) is 4.98 Å². The maximum absolute atomic E-state index is 5.91. The fourth-order valence-electron chi connectivity index (χ4n) is 1.08. The zero-order valence-corrected chi connectivity index (χ0v) is 8.04. The Bertz CT molecular complexity index is 410. The van der Waals surface area contributed by atoms with Gasteiger partial charge in [0.25, 0.3) is 0 Å². The van der Waals surface area contributed by atoms with Crippen LogP contribution in [-0.4, -0.2) is 16.2 Å². The van der Waals surface area contributed by atoms with Crippen molar-refractivity contribution in [3.63, 3.8) is 0 Å². The van der Waals surface area contributed by atoms with Crippen molar-refractivity contribution >= 4 is 34.4 Å². The molecule has 0 saturated carbocycles. The monoisotopic (exact) mass is 198 g/mol. The second-order valence-corrected chi connectivity index (χ2v) is 3.60. The Morgan fingerprint density at radius 2 is 2.42 bits per heavy atom. The van der Waals surface area contributed by atoms with Gasteiger partial charge in [-0.05, 0) is 18.4 Å². The Balaban J connectivity index is 2.73. The Morgan fingerprint density at radius 1 is 1.58 bits per heavy atom. The van der Waals surface area contributed by atoms with Crippen molar-refractivity contribution in [3.8, 4) is 0 Å². The molecular weight excluding hydrogens is 192 g/mol. The van der Waals surface area contributed by atoms with Crippen LogP contribution in [0, 0.1) is 0 Å². The lowest BCUT2D eigenvalue weighted by Gasteiger charge is -1.98. The van der Waals surface area contributed by atoms with Crippen LogP contribution in [0.5, 0.6) is 0 Å².